The number of aromatic nitrogens is 5. The molecule has 6 nitrogen and oxygen atoms in total. The fraction of sp³-hybridized carbons (Fsp3) is 0.500. The summed E-state index contributed by atoms with van der Waals surface area (Å²) in [6.07, 6.45) is 7.98. The minimum absolute atomic E-state index is 0.458. The number of benzene rings is 1. The highest BCUT2D eigenvalue weighted by molar-refractivity contribution is 5.88. The third-order valence-corrected chi connectivity index (χ3v) is 7.06. The molecular weight excluding hydrogens is 396 g/mol. The molecule has 0 atom stereocenters. The molecule has 3 aromatic heterocycles. The normalized spacial score (nSPS) is 16.8. The van der Waals surface area contributed by atoms with Crippen molar-refractivity contribution in [2.45, 2.75) is 79.3 Å². The van der Waals surface area contributed by atoms with Gasteiger partial charge in [0.1, 0.15) is 5.82 Å². The molecule has 32 heavy (non-hydrogen) atoms. The second-order valence-corrected chi connectivity index (χ2v) is 10.1. The van der Waals surface area contributed by atoms with Gasteiger partial charge >= 0.3 is 0 Å². The van der Waals surface area contributed by atoms with Crippen LogP contribution in [0.2, 0.25) is 0 Å². The predicted molar refractivity (Wildman–Crippen MR) is 131 cm³/mol. The van der Waals surface area contributed by atoms with Gasteiger partial charge in [-0.15, -0.1) is 5.10 Å². The van der Waals surface area contributed by atoms with E-state index in [1.807, 2.05) is 10.7 Å². The quantitative estimate of drug-likeness (QED) is 0.412. The zero-order valence-electron chi connectivity index (χ0n) is 19.9. The van der Waals surface area contributed by atoms with Gasteiger partial charge in [-0.3, -0.25) is 0 Å². The Balaban J connectivity index is 1.48. The largest absolute Gasteiger partial charge is 0.350 e. The van der Waals surface area contributed by atoms with E-state index in [1.165, 1.54) is 36.8 Å². The molecule has 1 aliphatic rings. The van der Waals surface area contributed by atoms with Gasteiger partial charge < -0.3 is 9.88 Å². The molecule has 0 saturated heterocycles. The molecule has 1 N–H and O–H groups in total. The molecule has 1 fully saturated rings. The van der Waals surface area contributed by atoms with Crippen LogP contribution < -0.4 is 5.32 Å². The molecule has 1 aliphatic carbocycles. The molecule has 6 heteroatoms. The molecule has 1 aromatic carbocycles. The number of fused-ring (bicyclic) bond motifs is 2. The number of rotatable bonds is 5. The standard InChI is InChI=1S/C26H34N6/c1-6-14-31-18(3)28-22-8-7-19(16-23(22)31)21-11-15-32-24(21)17(2)27-25(30-32)29-20-9-12-26(4,5)13-10-20/h7-8,11,15-16,20H,6,9-10,12-14H2,1-5H3,(H,29,30). The molecule has 0 unspecified atom stereocenters. The minimum atomic E-state index is 0.458. The Morgan fingerprint density at radius 1 is 1.09 bits per heavy atom. The maximum atomic E-state index is 4.84. The second kappa shape index (κ2) is 7.91. The van der Waals surface area contributed by atoms with Gasteiger partial charge in [0.05, 0.1) is 22.2 Å². The Labute approximate surface area is 190 Å². The van der Waals surface area contributed by atoms with Crippen LogP contribution in [0.25, 0.3) is 27.7 Å². The van der Waals surface area contributed by atoms with Crippen molar-refractivity contribution >= 4 is 22.5 Å². The van der Waals surface area contributed by atoms with Crippen LogP contribution in [-0.2, 0) is 6.54 Å². The van der Waals surface area contributed by atoms with Crippen LogP contribution in [0, 0.1) is 19.3 Å². The zero-order chi connectivity index (χ0) is 22.5. The Morgan fingerprint density at radius 2 is 1.88 bits per heavy atom. The van der Waals surface area contributed by atoms with E-state index in [4.69, 9.17) is 15.1 Å². The van der Waals surface area contributed by atoms with E-state index in [0.29, 0.717) is 11.5 Å². The molecule has 0 bridgehead atoms. The molecule has 0 amide bonds. The van der Waals surface area contributed by atoms with Gasteiger partial charge in [0.25, 0.3) is 0 Å². The fourth-order valence-corrected chi connectivity index (χ4v) is 5.14. The summed E-state index contributed by atoms with van der Waals surface area (Å²) in [5, 5.41) is 8.40. The van der Waals surface area contributed by atoms with Gasteiger partial charge in [-0.25, -0.2) is 14.5 Å². The van der Waals surface area contributed by atoms with Crippen LogP contribution in [0.3, 0.4) is 0 Å². The van der Waals surface area contributed by atoms with E-state index in [-0.39, 0.29) is 0 Å². The van der Waals surface area contributed by atoms with Crippen molar-refractivity contribution in [3.63, 3.8) is 0 Å². The Hall–Kier alpha value is -2.89. The van der Waals surface area contributed by atoms with Crippen LogP contribution >= 0.6 is 0 Å². The Morgan fingerprint density at radius 3 is 2.62 bits per heavy atom. The number of hydrogen-bond donors (Lipinski definition) is 1. The summed E-state index contributed by atoms with van der Waals surface area (Å²) in [7, 11) is 0. The lowest BCUT2D eigenvalue weighted by molar-refractivity contribution is 0.232. The van der Waals surface area contributed by atoms with Gasteiger partial charge in [-0.05, 0) is 75.1 Å². The SMILES string of the molecule is CCCn1c(C)nc2ccc(-c3ccn4nc(NC5CCC(C)(C)CC5)nc(C)c34)cc21. The van der Waals surface area contributed by atoms with E-state index in [9.17, 15) is 0 Å². The summed E-state index contributed by atoms with van der Waals surface area (Å²) >= 11 is 0. The Bertz CT molecular complexity index is 1270. The maximum Gasteiger partial charge on any atom is 0.241 e. The number of hydrogen-bond acceptors (Lipinski definition) is 4. The summed E-state index contributed by atoms with van der Waals surface area (Å²) in [6.45, 7) is 12.1. The lowest BCUT2D eigenvalue weighted by atomic mass is 9.76. The molecular formula is C26H34N6. The zero-order valence-corrected chi connectivity index (χ0v) is 19.9. The van der Waals surface area contributed by atoms with Gasteiger partial charge in [0, 0.05) is 24.3 Å². The van der Waals surface area contributed by atoms with Crippen molar-refractivity contribution in [3.8, 4) is 11.1 Å². The molecule has 1 saturated carbocycles. The molecule has 0 spiro atoms. The summed E-state index contributed by atoms with van der Waals surface area (Å²) in [6, 6.07) is 9.16. The molecule has 3 heterocycles. The molecule has 5 rings (SSSR count). The molecule has 4 aromatic rings. The highest BCUT2D eigenvalue weighted by Crippen LogP contribution is 2.36. The second-order valence-electron chi connectivity index (χ2n) is 10.1. The molecule has 0 radical (unpaired) electrons. The van der Waals surface area contributed by atoms with Crippen LogP contribution in [-0.4, -0.2) is 30.2 Å². The highest BCUT2D eigenvalue weighted by atomic mass is 15.3. The lowest BCUT2D eigenvalue weighted by Gasteiger charge is -2.34. The predicted octanol–water partition coefficient (Wildman–Crippen LogP) is 6.15. The van der Waals surface area contributed by atoms with Gasteiger partial charge in [-0.1, -0.05) is 26.8 Å². The van der Waals surface area contributed by atoms with E-state index >= 15 is 0 Å². The smallest absolute Gasteiger partial charge is 0.241 e. The first-order valence-corrected chi connectivity index (χ1v) is 11.9. The average molecular weight is 431 g/mol. The van der Waals surface area contributed by atoms with E-state index in [2.05, 4.69) is 68.8 Å². The van der Waals surface area contributed by atoms with Crippen molar-refractivity contribution in [1.29, 1.82) is 0 Å². The lowest BCUT2D eigenvalue weighted by Crippen LogP contribution is -2.30. The minimum Gasteiger partial charge on any atom is -0.350 e. The summed E-state index contributed by atoms with van der Waals surface area (Å²) < 4.78 is 4.29. The van der Waals surface area contributed by atoms with Crippen molar-refractivity contribution in [3.05, 3.63) is 42.0 Å². The number of anilines is 1. The summed E-state index contributed by atoms with van der Waals surface area (Å²) in [4.78, 5) is 9.58. The monoisotopic (exact) mass is 430 g/mol. The van der Waals surface area contributed by atoms with Crippen LogP contribution in [0.5, 0.6) is 0 Å². The molecule has 0 aliphatic heterocycles. The maximum absolute atomic E-state index is 4.84. The first kappa shape index (κ1) is 21.0. The van der Waals surface area contributed by atoms with Crippen LogP contribution in [0.1, 0.15) is 64.4 Å². The first-order valence-electron chi connectivity index (χ1n) is 11.9. The van der Waals surface area contributed by atoms with Crippen molar-refractivity contribution in [2.75, 3.05) is 5.32 Å². The third-order valence-electron chi connectivity index (χ3n) is 7.06. The summed E-state index contributed by atoms with van der Waals surface area (Å²) in [5.41, 5.74) is 7.11. The highest BCUT2D eigenvalue weighted by Gasteiger charge is 2.27. The van der Waals surface area contributed by atoms with E-state index in [0.717, 1.165) is 47.0 Å². The van der Waals surface area contributed by atoms with Gasteiger partial charge in [0.2, 0.25) is 5.95 Å². The first-order chi connectivity index (χ1) is 15.3. The van der Waals surface area contributed by atoms with Gasteiger partial charge in [0.15, 0.2) is 0 Å². The van der Waals surface area contributed by atoms with Crippen LogP contribution in [0.15, 0.2) is 30.5 Å². The van der Waals surface area contributed by atoms with Crippen molar-refractivity contribution in [1.82, 2.24) is 24.1 Å². The topological polar surface area (TPSA) is 60.0 Å². The van der Waals surface area contributed by atoms with E-state index < -0.39 is 0 Å². The Kier molecular flexibility index (Phi) is 5.19. The fourth-order valence-electron chi connectivity index (χ4n) is 5.14. The third kappa shape index (κ3) is 3.76. The van der Waals surface area contributed by atoms with Crippen molar-refractivity contribution < 1.29 is 0 Å². The average Bonchev–Trinajstić information content (AvgIpc) is 3.31. The summed E-state index contributed by atoms with van der Waals surface area (Å²) in [5.74, 6) is 1.80. The van der Waals surface area contributed by atoms with Gasteiger partial charge in [-0.2, -0.15) is 0 Å². The number of imidazole rings is 1. The number of nitrogens with zero attached hydrogens (tertiary/aromatic N) is 5. The molecule has 168 valence electrons. The van der Waals surface area contributed by atoms with E-state index in [1.54, 1.807) is 0 Å². The number of aryl methyl sites for hydroxylation is 3. The number of nitrogens with one attached hydrogen (secondary N) is 1. The van der Waals surface area contributed by atoms with Crippen molar-refractivity contribution in [2.24, 2.45) is 5.41 Å². The van der Waals surface area contributed by atoms with Crippen LogP contribution in [0.4, 0.5) is 5.95 Å².